The minimum Gasteiger partial charge on any atom is -0.394 e. The Morgan fingerprint density at radius 1 is 0.419 bits per heavy atom. The zero-order chi connectivity index (χ0) is 45.9. The first kappa shape index (κ1) is 51.0. The van der Waals surface area contributed by atoms with Crippen LogP contribution in [0.1, 0.15) is 13.8 Å². The molecule has 5 saturated heterocycles. The van der Waals surface area contributed by atoms with Gasteiger partial charge in [0.25, 0.3) is 0 Å². The third-order valence-electron chi connectivity index (χ3n) is 11.1. The van der Waals surface area contributed by atoms with Crippen molar-refractivity contribution < 1.29 is 129 Å². The van der Waals surface area contributed by atoms with E-state index in [2.05, 4.69) is 10.6 Å². The molecular formula is C34H58N2O26. The van der Waals surface area contributed by atoms with E-state index in [1.165, 1.54) is 0 Å². The zero-order valence-corrected chi connectivity index (χ0v) is 33.2. The van der Waals surface area contributed by atoms with Crippen molar-refractivity contribution in [1.82, 2.24) is 10.6 Å². The largest absolute Gasteiger partial charge is 0.394 e. The number of amides is 2. The second-order valence-corrected chi connectivity index (χ2v) is 15.5. The first-order valence-corrected chi connectivity index (χ1v) is 19.6. The highest BCUT2D eigenvalue weighted by Crippen LogP contribution is 2.34. The van der Waals surface area contributed by atoms with Crippen molar-refractivity contribution in [3.63, 3.8) is 0 Å². The molecule has 5 aliphatic rings. The first-order valence-electron chi connectivity index (χ1n) is 19.6. The molecule has 5 fully saturated rings. The molecule has 0 saturated carbocycles. The van der Waals surface area contributed by atoms with Gasteiger partial charge in [0.1, 0.15) is 122 Å². The van der Waals surface area contributed by atoms with Crippen LogP contribution in [0.25, 0.3) is 0 Å². The Balaban J connectivity index is 1.32. The fourth-order valence-corrected chi connectivity index (χ4v) is 7.73. The molecular weight excluding hydrogens is 852 g/mol. The third-order valence-corrected chi connectivity index (χ3v) is 11.1. The van der Waals surface area contributed by atoms with E-state index in [0.717, 1.165) is 13.8 Å². The molecule has 28 heteroatoms. The van der Waals surface area contributed by atoms with E-state index < -0.39 is 198 Å². The van der Waals surface area contributed by atoms with Crippen LogP contribution in [0.2, 0.25) is 0 Å². The fraction of sp³-hybridized carbons (Fsp3) is 0.941. The number of hydrogen-bond donors (Lipinski definition) is 17. The number of ether oxygens (including phenoxy) is 9. The maximum absolute atomic E-state index is 12.3. The normalized spacial score (nSPS) is 49.0. The van der Waals surface area contributed by atoms with Gasteiger partial charge in [0.15, 0.2) is 31.5 Å². The standard InChI is InChI=1S/C34H58N2O26/c1-8(41)35-15-21(47)27(60-33-24(50)22(48)17(43)10(3-37)57-33)13(6-40)59-31(15)62-29-19(45)12(5-39)56-32(26(29)52)54-7-14-20(46)28(16(30(53)55-14)36-9(2)42)61-34-25(51)23(49)18(44)11(4-38)58-34/h10-34,37-40,43-53H,3-7H2,1-2H3,(H,35,41)(H,36,42)/t10-,11-,12-,13-,14-,15-,16-,17+,18+,19+,20+,21-,22+,23+,24-,25-,26-,27-,28-,29+,30?,31+,32-,33+,34+/m1/s1. The van der Waals surface area contributed by atoms with Crippen LogP contribution in [0.15, 0.2) is 0 Å². The average molecular weight is 911 g/mol. The van der Waals surface area contributed by atoms with Gasteiger partial charge < -0.3 is 130 Å². The summed E-state index contributed by atoms with van der Waals surface area (Å²) in [7, 11) is 0. The zero-order valence-electron chi connectivity index (χ0n) is 33.2. The summed E-state index contributed by atoms with van der Waals surface area (Å²) in [6.07, 6.45) is -41.4. The van der Waals surface area contributed by atoms with Crippen LogP contribution in [0.4, 0.5) is 0 Å². The highest BCUT2D eigenvalue weighted by Gasteiger charge is 2.56. The van der Waals surface area contributed by atoms with Gasteiger partial charge in [-0.05, 0) is 0 Å². The van der Waals surface area contributed by atoms with Crippen LogP contribution in [0, 0.1) is 0 Å². The van der Waals surface area contributed by atoms with Crippen molar-refractivity contribution in [2.24, 2.45) is 0 Å². The van der Waals surface area contributed by atoms with Gasteiger partial charge in [-0.3, -0.25) is 9.59 Å². The van der Waals surface area contributed by atoms with Gasteiger partial charge in [0.05, 0.1) is 33.0 Å². The Labute approximate surface area is 351 Å². The lowest BCUT2D eigenvalue weighted by Crippen LogP contribution is -2.69. The van der Waals surface area contributed by atoms with Crippen molar-refractivity contribution in [2.75, 3.05) is 33.0 Å². The summed E-state index contributed by atoms with van der Waals surface area (Å²) in [4.78, 5) is 24.3. The summed E-state index contributed by atoms with van der Waals surface area (Å²) >= 11 is 0. The number of aliphatic hydroxyl groups is 15. The SMILES string of the molecule is CC(=O)N[C@H]1[C@H](O[C@H]2[C@@H](O)[C@@H](CO)O[C@@H](OC[C@H]3OC(O)[C@H](NC(C)=O)[C@@H](O[C@@H]4O[C@H](CO)[C@H](O)[C@H](O)[C@H]4O)[C@H]3O)[C@@H]2O)O[C@H](CO)[C@@H](O[C@@H]2O[C@H](CO)[C@H](O)[C@H](O)[C@H]2O)[C@@H]1O. The van der Waals surface area contributed by atoms with E-state index in [1.807, 2.05) is 0 Å². The molecule has 5 heterocycles. The lowest BCUT2D eigenvalue weighted by Gasteiger charge is -2.49. The van der Waals surface area contributed by atoms with Crippen molar-refractivity contribution in [3.05, 3.63) is 0 Å². The first-order chi connectivity index (χ1) is 29.3. The molecule has 1 unspecified atom stereocenters. The van der Waals surface area contributed by atoms with E-state index >= 15 is 0 Å². The smallest absolute Gasteiger partial charge is 0.217 e. The molecule has 17 N–H and O–H groups in total. The molecule has 28 nitrogen and oxygen atoms in total. The van der Waals surface area contributed by atoms with E-state index in [-0.39, 0.29) is 0 Å². The van der Waals surface area contributed by atoms with Crippen LogP contribution >= 0.6 is 0 Å². The second kappa shape index (κ2) is 22.0. The molecule has 0 aromatic carbocycles. The van der Waals surface area contributed by atoms with Gasteiger partial charge in [0, 0.05) is 13.8 Å². The van der Waals surface area contributed by atoms with Crippen LogP contribution in [-0.4, -0.2) is 275 Å². The molecule has 0 bridgehead atoms. The van der Waals surface area contributed by atoms with Gasteiger partial charge in [-0.1, -0.05) is 0 Å². The highest BCUT2D eigenvalue weighted by atomic mass is 16.8. The number of rotatable bonds is 15. The van der Waals surface area contributed by atoms with Gasteiger partial charge in [-0.15, -0.1) is 0 Å². The molecule has 5 rings (SSSR count). The Morgan fingerprint density at radius 3 is 1.34 bits per heavy atom. The second-order valence-electron chi connectivity index (χ2n) is 15.5. The van der Waals surface area contributed by atoms with Crippen LogP contribution in [0.5, 0.6) is 0 Å². The molecule has 0 aromatic rings. The summed E-state index contributed by atoms with van der Waals surface area (Å²) in [6, 6.07) is -3.23. The molecule has 25 atom stereocenters. The van der Waals surface area contributed by atoms with Crippen LogP contribution in [0.3, 0.4) is 0 Å². The lowest BCUT2D eigenvalue weighted by molar-refractivity contribution is -0.371. The molecule has 0 spiro atoms. The van der Waals surface area contributed by atoms with Crippen molar-refractivity contribution in [2.45, 2.75) is 167 Å². The Bertz CT molecular complexity index is 1440. The maximum atomic E-state index is 12.3. The van der Waals surface area contributed by atoms with E-state index in [9.17, 15) is 86.2 Å². The van der Waals surface area contributed by atoms with Gasteiger partial charge in [0.2, 0.25) is 11.8 Å². The number of aliphatic hydroxyl groups excluding tert-OH is 15. The van der Waals surface area contributed by atoms with Crippen molar-refractivity contribution in [3.8, 4) is 0 Å². The Hall–Kier alpha value is -2.02. The third kappa shape index (κ3) is 11.0. The minimum absolute atomic E-state index is 0.738. The quantitative estimate of drug-likeness (QED) is 0.0725. The van der Waals surface area contributed by atoms with Crippen molar-refractivity contribution >= 4 is 11.8 Å². The topological polar surface area (TPSA) is 445 Å². The minimum atomic E-state index is -2.05. The molecule has 0 aliphatic carbocycles. The van der Waals surface area contributed by atoms with Crippen molar-refractivity contribution in [1.29, 1.82) is 0 Å². The molecule has 360 valence electrons. The number of hydrogen-bond acceptors (Lipinski definition) is 26. The summed E-state index contributed by atoms with van der Waals surface area (Å²) in [5.41, 5.74) is 0. The van der Waals surface area contributed by atoms with E-state index in [4.69, 9.17) is 42.6 Å². The molecule has 0 radical (unpaired) electrons. The Morgan fingerprint density at radius 2 is 0.839 bits per heavy atom. The van der Waals surface area contributed by atoms with E-state index in [1.54, 1.807) is 0 Å². The molecule has 5 aliphatic heterocycles. The van der Waals surface area contributed by atoms with Gasteiger partial charge in [-0.25, -0.2) is 0 Å². The van der Waals surface area contributed by atoms with Gasteiger partial charge >= 0.3 is 0 Å². The van der Waals surface area contributed by atoms with Crippen LogP contribution < -0.4 is 10.6 Å². The van der Waals surface area contributed by atoms with Gasteiger partial charge in [-0.2, -0.15) is 0 Å². The molecule has 62 heavy (non-hydrogen) atoms. The summed E-state index contributed by atoms with van der Waals surface area (Å²) in [5, 5.41) is 162. The summed E-state index contributed by atoms with van der Waals surface area (Å²) in [5.74, 6) is -1.52. The predicted octanol–water partition coefficient (Wildman–Crippen LogP) is -11.6. The number of nitrogens with one attached hydrogen (secondary N) is 2. The molecule has 0 aromatic heterocycles. The maximum Gasteiger partial charge on any atom is 0.217 e. The average Bonchev–Trinajstić information content (AvgIpc) is 3.23. The lowest BCUT2D eigenvalue weighted by atomic mass is 9.94. The monoisotopic (exact) mass is 910 g/mol. The fourth-order valence-electron chi connectivity index (χ4n) is 7.73. The van der Waals surface area contributed by atoms with Crippen LogP contribution in [-0.2, 0) is 52.2 Å². The highest BCUT2D eigenvalue weighted by molar-refractivity contribution is 5.73. The summed E-state index contributed by atoms with van der Waals surface area (Å²) in [6.45, 7) is -2.25. The number of carbonyl (C=O) groups is 2. The molecule has 2 amide bonds. The number of carbonyl (C=O) groups excluding carboxylic acids is 2. The van der Waals surface area contributed by atoms with E-state index in [0.29, 0.717) is 0 Å². The Kier molecular flexibility index (Phi) is 18.1. The summed E-state index contributed by atoms with van der Waals surface area (Å²) < 4.78 is 50.4. The predicted molar refractivity (Wildman–Crippen MR) is 190 cm³/mol.